The Labute approximate surface area is 102 Å². The molecule has 0 aliphatic heterocycles. The zero-order valence-electron chi connectivity index (χ0n) is 10.6. The van der Waals surface area contributed by atoms with E-state index in [1.54, 1.807) is 0 Å². The number of hydrogen-bond acceptors (Lipinski definition) is 3. The fourth-order valence-corrected chi connectivity index (χ4v) is 1.75. The quantitative estimate of drug-likeness (QED) is 0.877. The van der Waals surface area contributed by atoms with E-state index >= 15 is 0 Å². The van der Waals surface area contributed by atoms with E-state index in [2.05, 4.69) is 55.5 Å². The maximum atomic E-state index is 5.43. The van der Waals surface area contributed by atoms with Gasteiger partial charge in [0.1, 0.15) is 5.69 Å². The number of aryl methyl sites for hydroxylation is 1. The summed E-state index contributed by atoms with van der Waals surface area (Å²) in [6.45, 7) is 7.91. The number of benzene rings is 1. The summed E-state index contributed by atoms with van der Waals surface area (Å²) in [5, 5.41) is 7.37. The topological polar surface area (TPSA) is 38.1 Å². The van der Waals surface area contributed by atoms with E-state index in [9.17, 15) is 0 Å². The van der Waals surface area contributed by atoms with Crippen molar-refractivity contribution in [2.75, 3.05) is 6.54 Å². The second-order valence-electron chi connectivity index (χ2n) is 4.23. The number of aromatic nitrogens is 1. The average molecular weight is 230 g/mol. The fourth-order valence-electron chi connectivity index (χ4n) is 1.75. The zero-order chi connectivity index (χ0) is 12.3. The molecular weight excluding hydrogens is 212 g/mol. The highest BCUT2D eigenvalue weighted by Crippen LogP contribution is 2.25. The van der Waals surface area contributed by atoms with Crippen molar-refractivity contribution in [2.24, 2.45) is 0 Å². The monoisotopic (exact) mass is 230 g/mol. The van der Waals surface area contributed by atoms with Crippen LogP contribution >= 0.6 is 0 Å². The summed E-state index contributed by atoms with van der Waals surface area (Å²) in [6.07, 6.45) is 0. The first kappa shape index (κ1) is 11.9. The first-order valence-electron chi connectivity index (χ1n) is 5.95. The molecule has 2 aromatic rings. The van der Waals surface area contributed by atoms with Gasteiger partial charge in [0.05, 0.1) is 0 Å². The summed E-state index contributed by atoms with van der Waals surface area (Å²) < 4.78 is 5.43. The van der Waals surface area contributed by atoms with Gasteiger partial charge < -0.3 is 9.84 Å². The van der Waals surface area contributed by atoms with Gasteiger partial charge in [-0.1, -0.05) is 41.9 Å². The SMILES string of the molecule is CCNCc1noc(-c2ccc(C)cc2)c1C. The third-order valence-corrected chi connectivity index (χ3v) is 2.88. The normalized spacial score (nSPS) is 10.8. The minimum Gasteiger partial charge on any atom is -0.356 e. The molecule has 1 N–H and O–H groups in total. The number of hydrogen-bond donors (Lipinski definition) is 1. The van der Waals surface area contributed by atoms with Gasteiger partial charge in [-0.3, -0.25) is 0 Å². The van der Waals surface area contributed by atoms with E-state index in [-0.39, 0.29) is 0 Å². The van der Waals surface area contributed by atoms with Crippen molar-refractivity contribution in [3.63, 3.8) is 0 Å². The van der Waals surface area contributed by atoms with Crippen molar-refractivity contribution in [3.8, 4) is 11.3 Å². The molecule has 1 heterocycles. The molecule has 17 heavy (non-hydrogen) atoms. The molecule has 0 bridgehead atoms. The maximum absolute atomic E-state index is 5.43. The molecule has 0 saturated heterocycles. The molecule has 1 aromatic heterocycles. The highest BCUT2D eigenvalue weighted by Gasteiger charge is 2.12. The van der Waals surface area contributed by atoms with E-state index in [0.29, 0.717) is 0 Å². The van der Waals surface area contributed by atoms with Crippen LogP contribution in [0.4, 0.5) is 0 Å². The molecule has 0 radical (unpaired) electrons. The third kappa shape index (κ3) is 2.56. The van der Waals surface area contributed by atoms with Crippen molar-refractivity contribution in [3.05, 3.63) is 41.1 Å². The van der Waals surface area contributed by atoms with Gasteiger partial charge >= 0.3 is 0 Å². The summed E-state index contributed by atoms with van der Waals surface area (Å²) in [5.41, 5.74) is 4.44. The summed E-state index contributed by atoms with van der Waals surface area (Å²) in [6, 6.07) is 8.31. The molecule has 0 fully saturated rings. The van der Waals surface area contributed by atoms with E-state index < -0.39 is 0 Å². The van der Waals surface area contributed by atoms with Crippen molar-refractivity contribution >= 4 is 0 Å². The largest absolute Gasteiger partial charge is 0.356 e. The second kappa shape index (κ2) is 5.15. The lowest BCUT2D eigenvalue weighted by Crippen LogP contribution is -2.12. The summed E-state index contributed by atoms with van der Waals surface area (Å²) in [5.74, 6) is 0.873. The first-order valence-corrected chi connectivity index (χ1v) is 5.95. The van der Waals surface area contributed by atoms with Crippen LogP contribution in [0.2, 0.25) is 0 Å². The van der Waals surface area contributed by atoms with Gasteiger partial charge in [0.25, 0.3) is 0 Å². The van der Waals surface area contributed by atoms with Crippen LogP contribution in [0, 0.1) is 13.8 Å². The maximum Gasteiger partial charge on any atom is 0.170 e. The minimum absolute atomic E-state index is 0.762. The van der Waals surface area contributed by atoms with E-state index in [1.807, 2.05) is 0 Å². The van der Waals surface area contributed by atoms with Crippen LogP contribution in [0.5, 0.6) is 0 Å². The van der Waals surface area contributed by atoms with Gasteiger partial charge in [-0.2, -0.15) is 0 Å². The van der Waals surface area contributed by atoms with Crippen molar-refractivity contribution in [1.29, 1.82) is 0 Å². The minimum atomic E-state index is 0.762. The number of nitrogens with one attached hydrogen (secondary N) is 1. The standard InChI is InChI=1S/C14H18N2O/c1-4-15-9-13-11(3)14(17-16-13)12-7-5-10(2)6-8-12/h5-8,15H,4,9H2,1-3H3. The highest BCUT2D eigenvalue weighted by molar-refractivity contribution is 5.61. The Bertz CT molecular complexity index is 485. The van der Waals surface area contributed by atoms with Crippen LogP contribution in [0.3, 0.4) is 0 Å². The molecule has 1 aromatic carbocycles. The Kier molecular flexibility index (Phi) is 3.59. The van der Waals surface area contributed by atoms with Gasteiger partial charge in [-0.25, -0.2) is 0 Å². The molecule has 0 aliphatic carbocycles. The van der Waals surface area contributed by atoms with E-state index in [4.69, 9.17) is 4.52 Å². The van der Waals surface area contributed by atoms with Gasteiger partial charge in [-0.15, -0.1) is 0 Å². The van der Waals surface area contributed by atoms with Crippen LogP contribution in [-0.2, 0) is 6.54 Å². The summed E-state index contributed by atoms with van der Waals surface area (Å²) in [4.78, 5) is 0. The first-order chi connectivity index (χ1) is 8.22. The summed E-state index contributed by atoms with van der Waals surface area (Å²) in [7, 11) is 0. The molecule has 0 atom stereocenters. The van der Waals surface area contributed by atoms with E-state index in [0.717, 1.165) is 35.7 Å². The third-order valence-electron chi connectivity index (χ3n) is 2.88. The molecule has 3 heteroatoms. The Balaban J connectivity index is 2.27. The van der Waals surface area contributed by atoms with Crippen LogP contribution in [0.25, 0.3) is 11.3 Å². The molecular formula is C14H18N2O. The molecule has 0 spiro atoms. The lowest BCUT2D eigenvalue weighted by Gasteiger charge is -2.00. The van der Waals surface area contributed by atoms with Crippen LogP contribution in [0.15, 0.2) is 28.8 Å². The number of nitrogens with zero attached hydrogens (tertiary/aromatic N) is 1. The molecule has 90 valence electrons. The van der Waals surface area contributed by atoms with E-state index in [1.165, 1.54) is 5.56 Å². The van der Waals surface area contributed by atoms with Crippen LogP contribution in [-0.4, -0.2) is 11.7 Å². The van der Waals surface area contributed by atoms with Gasteiger partial charge in [0.2, 0.25) is 0 Å². The Morgan fingerprint density at radius 3 is 2.53 bits per heavy atom. The summed E-state index contributed by atoms with van der Waals surface area (Å²) >= 11 is 0. The zero-order valence-corrected chi connectivity index (χ0v) is 10.6. The van der Waals surface area contributed by atoms with Gasteiger partial charge in [0.15, 0.2) is 5.76 Å². The second-order valence-corrected chi connectivity index (χ2v) is 4.23. The molecule has 3 nitrogen and oxygen atoms in total. The highest BCUT2D eigenvalue weighted by atomic mass is 16.5. The Hall–Kier alpha value is -1.61. The molecule has 0 amide bonds. The lowest BCUT2D eigenvalue weighted by molar-refractivity contribution is 0.420. The Morgan fingerprint density at radius 2 is 1.88 bits per heavy atom. The van der Waals surface area contributed by atoms with Crippen LogP contribution in [0.1, 0.15) is 23.7 Å². The van der Waals surface area contributed by atoms with Gasteiger partial charge in [-0.05, 0) is 20.4 Å². The Morgan fingerprint density at radius 1 is 1.18 bits per heavy atom. The van der Waals surface area contributed by atoms with Crippen molar-refractivity contribution in [1.82, 2.24) is 10.5 Å². The number of rotatable bonds is 4. The molecule has 0 saturated carbocycles. The molecule has 2 rings (SSSR count). The molecule has 0 aliphatic rings. The van der Waals surface area contributed by atoms with Crippen LogP contribution < -0.4 is 5.32 Å². The lowest BCUT2D eigenvalue weighted by atomic mass is 10.1. The fraction of sp³-hybridized carbons (Fsp3) is 0.357. The predicted molar refractivity (Wildman–Crippen MR) is 68.8 cm³/mol. The smallest absolute Gasteiger partial charge is 0.170 e. The average Bonchev–Trinajstić information content (AvgIpc) is 2.69. The molecule has 0 unspecified atom stereocenters. The van der Waals surface area contributed by atoms with Crippen molar-refractivity contribution < 1.29 is 4.52 Å². The van der Waals surface area contributed by atoms with Gasteiger partial charge in [0, 0.05) is 17.7 Å². The predicted octanol–water partition coefficient (Wildman–Crippen LogP) is 3.07. The van der Waals surface area contributed by atoms with Crippen molar-refractivity contribution in [2.45, 2.75) is 27.3 Å².